The minimum Gasteiger partial charge on any atom is -0.394 e. The molecule has 19 heteroatoms. The van der Waals surface area contributed by atoms with E-state index in [0.29, 0.717) is 6.42 Å². The van der Waals surface area contributed by atoms with Crippen LogP contribution in [0.3, 0.4) is 0 Å². The van der Waals surface area contributed by atoms with Crippen molar-refractivity contribution in [1.82, 2.24) is 5.32 Å². The van der Waals surface area contributed by atoms with Crippen LogP contribution in [0, 0.1) is 0 Å². The van der Waals surface area contributed by atoms with Crippen molar-refractivity contribution in [3.05, 3.63) is 109 Å². The van der Waals surface area contributed by atoms with Crippen molar-refractivity contribution in [2.24, 2.45) is 0 Å². The van der Waals surface area contributed by atoms with Gasteiger partial charge in [0.1, 0.15) is 73.2 Å². The molecule has 114 heavy (non-hydrogen) atoms. The monoisotopic (exact) mass is 1610 g/mol. The first-order valence-electron chi connectivity index (χ1n) is 46.1. The molecule has 0 saturated carbocycles. The zero-order valence-corrected chi connectivity index (χ0v) is 71.3. The van der Waals surface area contributed by atoms with Crippen LogP contribution in [0.5, 0.6) is 0 Å². The van der Waals surface area contributed by atoms with Gasteiger partial charge in [-0.25, -0.2) is 0 Å². The highest BCUT2D eigenvalue weighted by atomic mass is 16.8. The normalized spacial score (nSPS) is 25.2. The molecule has 3 saturated heterocycles. The van der Waals surface area contributed by atoms with Gasteiger partial charge in [-0.1, -0.05) is 374 Å². The zero-order chi connectivity index (χ0) is 82.4. The molecule has 3 aliphatic rings. The number of hydrogen-bond donors (Lipinski definition) is 12. The van der Waals surface area contributed by atoms with Crippen molar-refractivity contribution >= 4 is 5.91 Å². The Balaban J connectivity index is 1.31. The summed E-state index contributed by atoms with van der Waals surface area (Å²) >= 11 is 0. The SMILES string of the molecule is CC/C=C\C/C=C\C/C=C\C/C=C\C/C=C\C/C=C\C/C=C\C/C=C\CCCCCCCCCCCCCCCCCCC(=O)NC(COC1OC(CO)C(OC2OC(CO)C(OC3OC(CO)C(O)C(O)C3O)C(O)C2O)C(O)C1O)C(O)/C=C/CCCCCCCCCCCCCCCCCCCCCCCCCCCC. The van der Waals surface area contributed by atoms with Gasteiger partial charge in [-0.2, -0.15) is 0 Å². The number of nitrogens with one attached hydrogen (secondary N) is 1. The first-order valence-corrected chi connectivity index (χ1v) is 46.1. The summed E-state index contributed by atoms with van der Waals surface area (Å²) in [7, 11) is 0. The first kappa shape index (κ1) is 105. The molecule has 1 amide bonds. The summed E-state index contributed by atoms with van der Waals surface area (Å²) in [5.74, 6) is -0.273. The van der Waals surface area contributed by atoms with Gasteiger partial charge in [-0.3, -0.25) is 4.79 Å². The Kier molecular flexibility index (Phi) is 67.4. The molecule has 0 aromatic rings. The van der Waals surface area contributed by atoms with Gasteiger partial charge in [-0.15, -0.1) is 0 Å². The predicted octanol–water partition coefficient (Wildman–Crippen LogP) is 18.0. The summed E-state index contributed by atoms with van der Waals surface area (Å²) in [5.41, 5.74) is 0. The van der Waals surface area contributed by atoms with Crippen molar-refractivity contribution in [3.8, 4) is 0 Å². The van der Waals surface area contributed by atoms with Crippen LogP contribution in [0.15, 0.2) is 109 Å². The van der Waals surface area contributed by atoms with Crippen LogP contribution in [0.25, 0.3) is 0 Å². The van der Waals surface area contributed by atoms with Gasteiger partial charge in [0, 0.05) is 6.42 Å². The molecular formula is C95H167NO18. The van der Waals surface area contributed by atoms with E-state index in [-0.39, 0.29) is 18.9 Å². The molecule has 0 aromatic heterocycles. The van der Waals surface area contributed by atoms with Crippen molar-refractivity contribution in [1.29, 1.82) is 0 Å². The molecule has 0 aliphatic carbocycles. The maximum absolute atomic E-state index is 13.5. The summed E-state index contributed by atoms with van der Waals surface area (Å²) in [6.07, 6.45) is 76.6. The number of carbonyl (C=O) groups is 1. The molecule has 3 aliphatic heterocycles. The second kappa shape index (κ2) is 73.4. The van der Waals surface area contributed by atoms with Crippen LogP contribution < -0.4 is 5.32 Å². The lowest BCUT2D eigenvalue weighted by Crippen LogP contribution is -2.66. The average Bonchev–Trinajstić information content (AvgIpc) is 0.782. The minimum atomic E-state index is -1.98. The molecule has 17 unspecified atom stereocenters. The van der Waals surface area contributed by atoms with E-state index in [4.69, 9.17) is 28.4 Å². The standard InChI is InChI=1S/C95H167NO18/c1-3-5-7-9-11-13-15-17-19-21-23-25-27-29-31-33-34-35-36-37-38-39-40-41-42-43-44-45-47-49-51-53-55-57-59-61-63-65-67-69-71-73-83(101)96-78(79(100)72-70-68-66-64-62-60-58-56-54-52-50-48-46-32-30-28-26-24-22-20-18-16-14-12-10-8-6-4-2)77-109-93-89(107)86(104)91(81(75-98)111-93)114-95-90(108)87(105)92(82(76-99)112-95)113-94-88(106)85(103)84(102)80(74-97)110-94/h5,7,11,13,17,19,23,25,29,31,34-35,37-38,40-41,70,72,78-82,84-95,97-100,102-108H,3-4,6,8-10,12,14-16,18,20-22,24,26-28,30,32-33,36,39,42-69,71,73-77H2,1-2H3,(H,96,101)/b7-5-,13-11-,19-17-,25-23-,31-29-,35-34-,38-37-,41-40-,72-70+. The van der Waals surface area contributed by atoms with E-state index in [2.05, 4.69) is 116 Å². The van der Waals surface area contributed by atoms with E-state index in [0.717, 1.165) is 96.3 Å². The third kappa shape index (κ3) is 51.2. The Morgan fingerprint density at radius 3 is 0.947 bits per heavy atom. The van der Waals surface area contributed by atoms with Crippen molar-refractivity contribution in [2.75, 3.05) is 26.4 Å². The Hall–Kier alpha value is -3.55. The molecular weight excluding hydrogens is 1440 g/mol. The molecule has 0 aromatic carbocycles. The molecule has 3 rings (SSSR count). The van der Waals surface area contributed by atoms with Crippen molar-refractivity contribution in [2.45, 2.75) is 458 Å². The maximum Gasteiger partial charge on any atom is 0.220 e. The van der Waals surface area contributed by atoms with Crippen LogP contribution in [0.4, 0.5) is 0 Å². The van der Waals surface area contributed by atoms with Gasteiger partial charge in [0.15, 0.2) is 18.9 Å². The van der Waals surface area contributed by atoms with Gasteiger partial charge >= 0.3 is 0 Å². The number of allylic oxidation sites excluding steroid dienone is 17. The van der Waals surface area contributed by atoms with Crippen molar-refractivity contribution < 1.29 is 89.4 Å². The molecule has 0 spiro atoms. The Morgan fingerprint density at radius 2 is 0.605 bits per heavy atom. The van der Waals surface area contributed by atoms with Crippen LogP contribution in [-0.4, -0.2) is 193 Å². The fraction of sp³-hybridized carbons (Fsp3) is 0.800. The summed E-state index contributed by atoms with van der Waals surface area (Å²) in [4.78, 5) is 13.5. The summed E-state index contributed by atoms with van der Waals surface area (Å²) in [6.45, 7) is 1.67. The van der Waals surface area contributed by atoms with Crippen LogP contribution in [0.1, 0.15) is 354 Å². The van der Waals surface area contributed by atoms with Crippen molar-refractivity contribution in [3.63, 3.8) is 0 Å². The topological polar surface area (TPSA) is 307 Å². The number of aliphatic hydroxyl groups is 11. The Morgan fingerprint density at radius 1 is 0.325 bits per heavy atom. The highest BCUT2D eigenvalue weighted by Crippen LogP contribution is 2.34. The summed E-state index contributed by atoms with van der Waals surface area (Å²) < 4.78 is 34.5. The van der Waals surface area contributed by atoms with Crippen LogP contribution in [-0.2, 0) is 33.2 Å². The highest BCUT2D eigenvalue weighted by molar-refractivity contribution is 5.76. The molecule has 0 bridgehead atoms. The smallest absolute Gasteiger partial charge is 0.220 e. The van der Waals surface area contributed by atoms with E-state index >= 15 is 0 Å². The zero-order valence-electron chi connectivity index (χ0n) is 71.3. The van der Waals surface area contributed by atoms with Gasteiger partial charge < -0.3 is 89.9 Å². The lowest BCUT2D eigenvalue weighted by atomic mass is 9.96. The number of carbonyl (C=O) groups excluding carboxylic acids is 1. The fourth-order valence-electron chi connectivity index (χ4n) is 15.0. The predicted molar refractivity (Wildman–Crippen MR) is 461 cm³/mol. The largest absolute Gasteiger partial charge is 0.394 e. The lowest BCUT2D eigenvalue weighted by Gasteiger charge is -2.48. The highest BCUT2D eigenvalue weighted by Gasteiger charge is 2.54. The van der Waals surface area contributed by atoms with Gasteiger partial charge in [-0.05, 0) is 83.5 Å². The number of unbranched alkanes of at least 4 members (excludes halogenated alkanes) is 42. The second-order valence-electron chi connectivity index (χ2n) is 32.4. The van der Waals surface area contributed by atoms with Crippen LogP contribution in [0.2, 0.25) is 0 Å². The van der Waals surface area contributed by atoms with E-state index < -0.39 is 124 Å². The second-order valence-corrected chi connectivity index (χ2v) is 32.4. The first-order chi connectivity index (χ1) is 55.8. The number of ether oxygens (including phenoxy) is 6. The van der Waals surface area contributed by atoms with E-state index in [1.54, 1.807) is 6.08 Å². The van der Waals surface area contributed by atoms with Crippen LogP contribution >= 0.6 is 0 Å². The molecule has 12 N–H and O–H groups in total. The molecule has 0 radical (unpaired) electrons. The number of rotatable bonds is 74. The molecule has 17 atom stereocenters. The third-order valence-corrected chi connectivity index (χ3v) is 22.3. The quantitative estimate of drug-likeness (QED) is 0.0199. The molecule has 3 heterocycles. The lowest BCUT2D eigenvalue weighted by molar-refractivity contribution is -0.379. The average molecular weight is 1610 g/mol. The minimum absolute atomic E-state index is 0.240. The fourth-order valence-corrected chi connectivity index (χ4v) is 15.0. The summed E-state index contributed by atoms with van der Waals surface area (Å²) in [6, 6.07) is -0.980. The van der Waals surface area contributed by atoms with Gasteiger partial charge in [0.25, 0.3) is 0 Å². The number of hydrogen-bond acceptors (Lipinski definition) is 18. The van der Waals surface area contributed by atoms with Gasteiger partial charge in [0.2, 0.25) is 5.91 Å². The maximum atomic E-state index is 13.5. The Labute approximate surface area is 691 Å². The third-order valence-electron chi connectivity index (χ3n) is 22.3. The van der Waals surface area contributed by atoms with E-state index in [9.17, 15) is 61.0 Å². The molecule has 19 nitrogen and oxygen atoms in total. The van der Waals surface area contributed by atoms with E-state index in [1.165, 1.54) is 231 Å². The van der Waals surface area contributed by atoms with E-state index in [1.807, 2.05) is 6.08 Å². The molecule has 660 valence electrons. The number of amides is 1. The number of aliphatic hydroxyl groups excluding tert-OH is 11. The van der Waals surface area contributed by atoms with Gasteiger partial charge in [0.05, 0.1) is 38.6 Å². The Bertz CT molecular complexity index is 2480. The summed E-state index contributed by atoms with van der Waals surface area (Å²) in [5, 5.41) is 121. The molecule has 3 fully saturated rings.